The fourth-order valence-corrected chi connectivity index (χ4v) is 3.45. The standard InChI is InChI=1S/C24H40O/c1-5-9-14-20-15-13-18-22(21(20)16-10-6-2)23(17-11-7-3)24(25)19-12-8-4/h13,15,18,25H,5-12,14,16-17,19H2,1-4H3. The molecule has 0 heterocycles. The van der Waals surface area contributed by atoms with Crippen LogP contribution in [-0.2, 0) is 12.8 Å². The van der Waals surface area contributed by atoms with E-state index in [1.807, 2.05) is 0 Å². The maximum Gasteiger partial charge on any atom is 0.0960 e. The molecule has 0 aromatic heterocycles. The second kappa shape index (κ2) is 13.0. The monoisotopic (exact) mass is 344 g/mol. The summed E-state index contributed by atoms with van der Waals surface area (Å²) in [7, 11) is 0. The lowest BCUT2D eigenvalue weighted by Crippen LogP contribution is -2.03. The van der Waals surface area contributed by atoms with Crippen molar-refractivity contribution in [3.8, 4) is 0 Å². The van der Waals surface area contributed by atoms with Crippen molar-refractivity contribution >= 4 is 5.57 Å². The number of aryl methyl sites for hydroxylation is 1. The van der Waals surface area contributed by atoms with E-state index in [0.29, 0.717) is 5.76 Å². The van der Waals surface area contributed by atoms with Crippen molar-refractivity contribution in [3.63, 3.8) is 0 Å². The van der Waals surface area contributed by atoms with E-state index >= 15 is 0 Å². The molecule has 0 aliphatic heterocycles. The minimum absolute atomic E-state index is 0.640. The summed E-state index contributed by atoms with van der Waals surface area (Å²) in [6.07, 6.45) is 13.6. The van der Waals surface area contributed by atoms with Crippen LogP contribution in [-0.4, -0.2) is 5.11 Å². The van der Waals surface area contributed by atoms with E-state index in [9.17, 15) is 5.11 Å². The summed E-state index contributed by atoms with van der Waals surface area (Å²) in [6, 6.07) is 6.77. The lowest BCUT2D eigenvalue weighted by molar-refractivity contribution is 0.384. The number of unbranched alkanes of at least 4 members (excludes halogenated alkanes) is 4. The minimum Gasteiger partial charge on any atom is -0.512 e. The maximum atomic E-state index is 10.8. The minimum atomic E-state index is 0.640. The van der Waals surface area contributed by atoms with Crippen molar-refractivity contribution < 1.29 is 5.11 Å². The van der Waals surface area contributed by atoms with E-state index in [1.165, 1.54) is 60.8 Å². The molecule has 0 saturated carbocycles. The van der Waals surface area contributed by atoms with Crippen LogP contribution in [0.25, 0.3) is 5.57 Å². The predicted octanol–water partition coefficient (Wildman–Crippen LogP) is 8.02. The number of hydrogen-bond acceptors (Lipinski definition) is 1. The summed E-state index contributed by atoms with van der Waals surface area (Å²) in [4.78, 5) is 0. The summed E-state index contributed by atoms with van der Waals surface area (Å²) >= 11 is 0. The van der Waals surface area contributed by atoms with Crippen molar-refractivity contribution in [2.24, 2.45) is 0 Å². The topological polar surface area (TPSA) is 20.2 Å². The molecule has 25 heavy (non-hydrogen) atoms. The summed E-state index contributed by atoms with van der Waals surface area (Å²) in [5.41, 5.74) is 5.57. The van der Waals surface area contributed by atoms with Crippen molar-refractivity contribution in [1.29, 1.82) is 0 Å². The quantitative estimate of drug-likeness (QED) is 0.359. The number of allylic oxidation sites excluding steroid dienone is 2. The highest BCUT2D eigenvalue weighted by molar-refractivity contribution is 5.71. The number of aliphatic hydroxyl groups excluding tert-OH is 1. The summed E-state index contributed by atoms with van der Waals surface area (Å²) in [5.74, 6) is 0.640. The Bertz CT molecular complexity index is 513. The predicted molar refractivity (Wildman–Crippen MR) is 112 cm³/mol. The molecule has 0 unspecified atom stereocenters. The first-order valence-electron chi connectivity index (χ1n) is 10.7. The Morgan fingerprint density at radius 3 is 2.00 bits per heavy atom. The number of benzene rings is 1. The van der Waals surface area contributed by atoms with Gasteiger partial charge in [-0.05, 0) is 67.2 Å². The molecule has 142 valence electrons. The molecule has 1 nitrogen and oxygen atoms in total. The molecule has 0 amide bonds. The molecule has 1 heteroatoms. The van der Waals surface area contributed by atoms with E-state index in [0.717, 1.165) is 38.5 Å². The molecular formula is C24H40O. The van der Waals surface area contributed by atoms with Crippen LogP contribution in [0, 0.1) is 0 Å². The second-order valence-corrected chi connectivity index (χ2v) is 7.28. The Labute approximate surface area is 156 Å². The first kappa shape index (κ1) is 21.8. The zero-order valence-electron chi connectivity index (χ0n) is 17.2. The molecule has 0 saturated heterocycles. The SMILES string of the molecule is CCCCC(O)=C(CCCC)c1cccc(CCCC)c1CCCC. The lowest BCUT2D eigenvalue weighted by Gasteiger charge is -2.19. The Kier molecular flexibility index (Phi) is 11.4. The van der Waals surface area contributed by atoms with Gasteiger partial charge in [0, 0.05) is 6.42 Å². The molecule has 0 fully saturated rings. The smallest absolute Gasteiger partial charge is 0.0960 e. The first-order valence-corrected chi connectivity index (χ1v) is 10.7. The Hall–Kier alpha value is -1.24. The fourth-order valence-electron chi connectivity index (χ4n) is 3.45. The molecule has 0 aliphatic carbocycles. The van der Waals surface area contributed by atoms with E-state index in [2.05, 4.69) is 45.9 Å². The summed E-state index contributed by atoms with van der Waals surface area (Å²) in [6.45, 7) is 8.95. The Morgan fingerprint density at radius 1 is 0.760 bits per heavy atom. The fraction of sp³-hybridized carbons (Fsp3) is 0.667. The van der Waals surface area contributed by atoms with Gasteiger partial charge in [-0.25, -0.2) is 0 Å². The molecule has 0 radical (unpaired) electrons. The van der Waals surface area contributed by atoms with Gasteiger partial charge < -0.3 is 5.11 Å². The second-order valence-electron chi connectivity index (χ2n) is 7.28. The maximum absolute atomic E-state index is 10.8. The number of rotatable bonds is 13. The Balaban J connectivity index is 3.29. The summed E-state index contributed by atoms with van der Waals surface area (Å²) in [5, 5.41) is 10.8. The summed E-state index contributed by atoms with van der Waals surface area (Å²) < 4.78 is 0. The van der Waals surface area contributed by atoms with E-state index in [-0.39, 0.29) is 0 Å². The van der Waals surface area contributed by atoms with Gasteiger partial charge in [-0.1, -0.05) is 71.6 Å². The van der Waals surface area contributed by atoms with Crippen molar-refractivity contribution in [1.82, 2.24) is 0 Å². The average molecular weight is 345 g/mol. The van der Waals surface area contributed by atoms with Crippen LogP contribution >= 0.6 is 0 Å². The zero-order valence-corrected chi connectivity index (χ0v) is 17.2. The van der Waals surface area contributed by atoms with Crippen LogP contribution in [0.4, 0.5) is 0 Å². The van der Waals surface area contributed by atoms with Crippen LogP contribution in [0.15, 0.2) is 24.0 Å². The van der Waals surface area contributed by atoms with Gasteiger partial charge >= 0.3 is 0 Å². The Morgan fingerprint density at radius 2 is 1.36 bits per heavy atom. The van der Waals surface area contributed by atoms with Crippen LogP contribution in [0.3, 0.4) is 0 Å². The molecule has 0 aliphatic rings. The van der Waals surface area contributed by atoms with E-state index < -0.39 is 0 Å². The lowest BCUT2D eigenvalue weighted by atomic mass is 9.87. The highest BCUT2D eigenvalue weighted by Gasteiger charge is 2.15. The third-order valence-corrected chi connectivity index (χ3v) is 5.07. The van der Waals surface area contributed by atoms with Crippen molar-refractivity contribution in [2.45, 2.75) is 105 Å². The van der Waals surface area contributed by atoms with Gasteiger partial charge in [0.25, 0.3) is 0 Å². The largest absolute Gasteiger partial charge is 0.512 e. The third kappa shape index (κ3) is 7.26. The van der Waals surface area contributed by atoms with Gasteiger partial charge in [-0.15, -0.1) is 0 Å². The normalized spacial score (nSPS) is 12.3. The van der Waals surface area contributed by atoms with E-state index in [1.54, 1.807) is 0 Å². The molecule has 1 aromatic carbocycles. The zero-order chi connectivity index (χ0) is 18.5. The molecule has 0 atom stereocenters. The van der Waals surface area contributed by atoms with Crippen molar-refractivity contribution in [3.05, 3.63) is 40.6 Å². The van der Waals surface area contributed by atoms with Crippen LogP contribution in [0.2, 0.25) is 0 Å². The van der Waals surface area contributed by atoms with E-state index in [4.69, 9.17) is 0 Å². The molecule has 1 aromatic rings. The number of aliphatic hydroxyl groups is 1. The van der Waals surface area contributed by atoms with Crippen LogP contribution in [0.5, 0.6) is 0 Å². The number of hydrogen-bond donors (Lipinski definition) is 1. The van der Waals surface area contributed by atoms with Crippen LogP contribution in [0.1, 0.15) is 109 Å². The third-order valence-electron chi connectivity index (χ3n) is 5.07. The van der Waals surface area contributed by atoms with Gasteiger partial charge in [0.05, 0.1) is 5.76 Å². The van der Waals surface area contributed by atoms with Crippen LogP contribution < -0.4 is 0 Å². The van der Waals surface area contributed by atoms with Gasteiger partial charge in [-0.3, -0.25) is 0 Å². The van der Waals surface area contributed by atoms with Gasteiger partial charge in [0.1, 0.15) is 0 Å². The first-order chi connectivity index (χ1) is 12.2. The molecule has 0 bridgehead atoms. The molecular weight excluding hydrogens is 304 g/mol. The van der Waals surface area contributed by atoms with Gasteiger partial charge in [0.2, 0.25) is 0 Å². The highest BCUT2D eigenvalue weighted by atomic mass is 16.3. The molecule has 0 spiro atoms. The van der Waals surface area contributed by atoms with Crippen molar-refractivity contribution in [2.75, 3.05) is 0 Å². The van der Waals surface area contributed by atoms with Gasteiger partial charge in [0.15, 0.2) is 0 Å². The average Bonchev–Trinajstić information content (AvgIpc) is 2.63. The molecule has 1 N–H and O–H groups in total. The highest BCUT2D eigenvalue weighted by Crippen LogP contribution is 2.32. The van der Waals surface area contributed by atoms with Gasteiger partial charge in [-0.2, -0.15) is 0 Å². The molecule has 1 rings (SSSR count).